The Labute approximate surface area is 159 Å². The molecule has 0 aliphatic carbocycles. The van der Waals surface area contributed by atoms with Crippen molar-refractivity contribution in [1.82, 2.24) is 0 Å². The van der Waals surface area contributed by atoms with Gasteiger partial charge in [0.05, 0.1) is 16.2 Å². The molecule has 0 atom stereocenters. The lowest BCUT2D eigenvalue weighted by molar-refractivity contribution is -0.137. The van der Waals surface area contributed by atoms with Gasteiger partial charge in [-0.3, -0.25) is 15.1 Å². The summed E-state index contributed by atoms with van der Waals surface area (Å²) < 4.78 is 39.4. The zero-order chi connectivity index (χ0) is 19.1. The van der Waals surface area contributed by atoms with Crippen LogP contribution in [0.15, 0.2) is 51.8 Å². The fourth-order valence-corrected chi connectivity index (χ4v) is 3.56. The molecule has 0 radical (unpaired) electrons. The minimum absolute atomic E-state index is 0.0378. The highest BCUT2D eigenvalue weighted by molar-refractivity contribution is 9.10. The Kier molecular flexibility index (Phi) is 4.85. The fourth-order valence-electron chi connectivity index (χ4n) is 2.33. The van der Waals surface area contributed by atoms with E-state index in [4.69, 9.17) is 5.41 Å². The Morgan fingerprint density at radius 1 is 1.19 bits per heavy atom. The average molecular weight is 443 g/mol. The first kappa shape index (κ1) is 18.5. The van der Waals surface area contributed by atoms with Gasteiger partial charge in [0.1, 0.15) is 5.75 Å². The number of benzene rings is 2. The molecular formula is C17H10BrF3N2O2S. The van der Waals surface area contributed by atoms with E-state index in [-0.39, 0.29) is 21.5 Å². The van der Waals surface area contributed by atoms with Crippen molar-refractivity contribution >= 4 is 50.5 Å². The largest absolute Gasteiger partial charge is 0.507 e. The van der Waals surface area contributed by atoms with Gasteiger partial charge in [-0.2, -0.15) is 13.2 Å². The van der Waals surface area contributed by atoms with Crippen LogP contribution in [-0.4, -0.2) is 16.2 Å². The van der Waals surface area contributed by atoms with Crippen molar-refractivity contribution in [3.05, 3.63) is 63.0 Å². The molecule has 9 heteroatoms. The first-order valence-electron chi connectivity index (χ1n) is 7.15. The maximum Gasteiger partial charge on any atom is 0.416 e. The molecule has 2 aromatic carbocycles. The number of thioether (sulfide) groups is 1. The summed E-state index contributed by atoms with van der Waals surface area (Å²) in [7, 11) is 0. The standard InChI is InChI=1S/C17H10BrF3N2O2S/c18-11-4-5-13(24)9(6-11)7-14-15(25)23(16(22)26-14)12-3-1-2-10(8-12)17(19,20)21/h1-8,22,24H/b14-7-,22-16?. The summed E-state index contributed by atoms with van der Waals surface area (Å²) in [4.78, 5) is 13.6. The maximum atomic E-state index is 12.9. The van der Waals surface area contributed by atoms with E-state index < -0.39 is 17.6 Å². The minimum Gasteiger partial charge on any atom is -0.507 e. The lowest BCUT2D eigenvalue weighted by atomic mass is 10.1. The molecule has 0 aromatic heterocycles. The highest BCUT2D eigenvalue weighted by Crippen LogP contribution is 2.38. The highest BCUT2D eigenvalue weighted by Gasteiger charge is 2.36. The van der Waals surface area contributed by atoms with E-state index in [1.165, 1.54) is 24.3 Å². The summed E-state index contributed by atoms with van der Waals surface area (Å²) in [5.41, 5.74) is -0.583. The van der Waals surface area contributed by atoms with Crippen LogP contribution in [0.5, 0.6) is 5.75 Å². The van der Waals surface area contributed by atoms with Gasteiger partial charge in [0, 0.05) is 10.0 Å². The van der Waals surface area contributed by atoms with Crippen LogP contribution in [0.4, 0.5) is 18.9 Å². The molecule has 0 saturated carbocycles. The van der Waals surface area contributed by atoms with Crippen LogP contribution < -0.4 is 4.90 Å². The highest BCUT2D eigenvalue weighted by atomic mass is 79.9. The third-order valence-electron chi connectivity index (χ3n) is 3.53. The second kappa shape index (κ2) is 6.81. The van der Waals surface area contributed by atoms with E-state index in [9.17, 15) is 23.1 Å². The molecule has 26 heavy (non-hydrogen) atoms. The van der Waals surface area contributed by atoms with Crippen LogP contribution in [0.3, 0.4) is 0 Å². The van der Waals surface area contributed by atoms with Gasteiger partial charge in [-0.05, 0) is 54.2 Å². The van der Waals surface area contributed by atoms with Gasteiger partial charge in [0.15, 0.2) is 5.17 Å². The Hall–Kier alpha value is -2.26. The van der Waals surface area contributed by atoms with Crippen molar-refractivity contribution in [2.75, 3.05) is 4.90 Å². The zero-order valence-corrected chi connectivity index (χ0v) is 15.2. The number of aromatic hydroxyl groups is 1. The summed E-state index contributed by atoms with van der Waals surface area (Å²) in [6.45, 7) is 0. The quantitative estimate of drug-likeness (QED) is 0.625. The summed E-state index contributed by atoms with van der Waals surface area (Å²) in [6, 6.07) is 8.90. The SMILES string of the molecule is N=C1S/C(=C\c2cc(Br)ccc2O)C(=O)N1c1cccc(C(F)(F)F)c1. The molecular weight excluding hydrogens is 433 g/mol. The topological polar surface area (TPSA) is 64.4 Å². The summed E-state index contributed by atoms with van der Waals surface area (Å²) in [5, 5.41) is 17.6. The Bertz CT molecular complexity index is 944. The van der Waals surface area contributed by atoms with E-state index in [2.05, 4.69) is 15.9 Å². The van der Waals surface area contributed by atoms with Gasteiger partial charge in [0.2, 0.25) is 0 Å². The second-order valence-electron chi connectivity index (χ2n) is 5.31. The number of alkyl halides is 3. The van der Waals surface area contributed by atoms with E-state index in [1.807, 2.05) is 0 Å². The molecule has 1 aliphatic heterocycles. The number of halogens is 4. The number of rotatable bonds is 2. The second-order valence-corrected chi connectivity index (χ2v) is 7.25. The van der Waals surface area contributed by atoms with Crippen molar-refractivity contribution in [2.45, 2.75) is 6.18 Å². The van der Waals surface area contributed by atoms with Gasteiger partial charge in [-0.15, -0.1) is 0 Å². The predicted molar refractivity (Wildman–Crippen MR) is 98.0 cm³/mol. The van der Waals surface area contributed by atoms with Crippen molar-refractivity contribution < 1.29 is 23.1 Å². The Balaban J connectivity index is 1.97. The maximum absolute atomic E-state index is 12.9. The Morgan fingerprint density at radius 2 is 1.92 bits per heavy atom. The molecule has 1 amide bonds. The first-order chi connectivity index (χ1) is 12.2. The average Bonchev–Trinajstić information content (AvgIpc) is 2.84. The van der Waals surface area contributed by atoms with Crippen molar-refractivity contribution in [2.24, 2.45) is 0 Å². The number of nitrogens with one attached hydrogen (secondary N) is 1. The molecule has 0 spiro atoms. The number of hydrogen-bond acceptors (Lipinski definition) is 4. The molecule has 2 aromatic rings. The molecule has 0 bridgehead atoms. The Morgan fingerprint density at radius 3 is 2.62 bits per heavy atom. The number of amides is 1. The van der Waals surface area contributed by atoms with E-state index >= 15 is 0 Å². The van der Waals surface area contributed by atoms with E-state index in [0.29, 0.717) is 10.0 Å². The smallest absolute Gasteiger partial charge is 0.416 e. The summed E-state index contributed by atoms with van der Waals surface area (Å²) in [5.74, 6) is -0.683. The summed E-state index contributed by atoms with van der Waals surface area (Å²) >= 11 is 4.07. The normalized spacial score (nSPS) is 16.6. The number of phenolic OH excluding ortho intramolecular Hbond substituents is 1. The molecule has 1 saturated heterocycles. The third kappa shape index (κ3) is 3.63. The van der Waals surface area contributed by atoms with Gasteiger partial charge in [-0.25, -0.2) is 0 Å². The minimum atomic E-state index is -4.55. The zero-order valence-electron chi connectivity index (χ0n) is 12.8. The van der Waals surface area contributed by atoms with Gasteiger partial charge >= 0.3 is 6.18 Å². The monoisotopic (exact) mass is 442 g/mol. The fraction of sp³-hybridized carbons (Fsp3) is 0.0588. The van der Waals surface area contributed by atoms with Crippen LogP contribution >= 0.6 is 27.7 Å². The number of phenols is 1. The van der Waals surface area contributed by atoms with Crippen molar-refractivity contribution in [3.63, 3.8) is 0 Å². The number of nitrogens with zero attached hydrogens (tertiary/aromatic N) is 1. The first-order valence-corrected chi connectivity index (χ1v) is 8.76. The molecule has 3 rings (SSSR count). The van der Waals surface area contributed by atoms with Crippen LogP contribution in [0.1, 0.15) is 11.1 Å². The van der Waals surface area contributed by atoms with Crippen molar-refractivity contribution in [3.8, 4) is 5.75 Å². The van der Waals surface area contributed by atoms with Crippen LogP contribution in [0.2, 0.25) is 0 Å². The number of carbonyl (C=O) groups excluding carboxylic acids is 1. The van der Waals surface area contributed by atoms with Crippen LogP contribution in [-0.2, 0) is 11.0 Å². The van der Waals surface area contributed by atoms with E-state index in [1.54, 1.807) is 12.1 Å². The third-order valence-corrected chi connectivity index (χ3v) is 4.91. The predicted octanol–water partition coefficient (Wildman–Crippen LogP) is 5.23. The molecule has 1 heterocycles. The molecule has 2 N–H and O–H groups in total. The molecule has 4 nitrogen and oxygen atoms in total. The molecule has 1 fully saturated rings. The van der Waals surface area contributed by atoms with Gasteiger partial charge in [0.25, 0.3) is 5.91 Å². The molecule has 134 valence electrons. The number of amidine groups is 1. The van der Waals surface area contributed by atoms with E-state index in [0.717, 1.165) is 28.8 Å². The van der Waals surface area contributed by atoms with Crippen LogP contribution in [0, 0.1) is 5.41 Å². The summed E-state index contributed by atoms with van der Waals surface area (Å²) in [6.07, 6.45) is -3.15. The van der Waals surface area contributed by atoms with Gasteiger partial charge in [-0.1, -0.05) is 22.0 Å². The number of carbonyl (C=O) groups is 1. The van der Waals surface area contributed by atoms with Crippen molar-refractivity contribution in [1.29, 1.82) is 5.41 Å². The lowest BCUT2D eigenvalue weighted by Gasteiger charge is -2.16. The number of hydrogen-bond donors (Lipinski definition) is 2. The van der Waals surface area contributed by atoms with Gasteiger partial charge < -0.3 is 5.11 Å². The molecule has 0 unspecified atom stereocenters. The van der Waals surface area contributed by atoms with Crippen LogP contribution in [0.25, 0.3) is 6.08 Å². The lowest BCUT2D eigenvalue weighted by Crippen LogP contribution is -2.28. The number of anilines is 1. The molecule has 1 aliphatic rings.